The second-order valence-electron chi connectivity index (χ2n) is 7.14. The Bertz CT molecular complexity index is 889. The van der Waals surface area contributed by atoms with Crippen LogP contribution in [0, 0.1) is 0 Å². The van der Waals surface area contributed by atoms with E-state index in [0.717, 1.165) is 35.6 Å². The molecule has 1 fully saturated rings. The molecule has 0 spiro atoms. The minimum atomic E-state index is 0.484. The Kier molecular flexibility index (Phi) is 5.55. The third kappa shape index (κ3) is 4.06. The van der Waals surface area contributed by atoms with E-state index < -0.39 is 0 Å². The molecule has 1 aromatic carbocycles. The molecular formula is C20H24ClN5O. The highest BCUT2D eigenvalue weighted by Gasteiger charge is 2.19. The van der Waals surface area contributed by atoms with Crippen molar-refractivity contribution in [3.8, 4) is 11.3 Å². The van der Waals surface area contributed by atoms with E-state index in [4.69, 9.17) is 16.1 Å². The van der Waals surface area contributed by atoms with Crippen molar-refractivity contribution in [1.29, 1.82) is 0 Å². The number of nitrogens with zero attached hydrogens (tertiary/aromatic N) is 4. The number of fused-ring (bicyclic) bond motifs is 1. The van der Waals surface area contributed by atoms with Gasteiger partial charge in [-0.15, -0.1) is 0 Å². The van der Waals surface area contributed by atoms with Crippen molar-refractivity contribution < 1.29 is 4.52 Å². The molecule has 0 aliphatic heterocycles. The molecule has 1 aliphatic rings. The summed E-state index contributed by atoms with van der Waals surface area (Å²) in [6.45, 7) is 1.78. The number of rotatable bonds is 6. The smallest absolute Gasteiger partial charge is 0.263 e. The lowest BCUT2D eigenvalue weighted by molar-refractivity contribution is 0.198. The monoisotopic (exact) mass is 385 g/mol. The third-order valence-electron chi connectivity index (χ3n) is 5.35. The highest BCUT2D eigenvalue weighted by Crippen LogP contribution is 2.31. The molecule has 4 rings (SSSR count). The summed E-state index contributed by atoms with van der Waals surface area (Å²) in [5.74, 6) is 0.753. The SMILES string of the molecule is CN(CCNc1ncnc2onc(-c3ccc(Cl)cc3)c12)C1CCCCC1. The van der Waals surface area contributed by atoms with Gasteiger partial charge in [0.15, 0.2) is 0 Å². The van der Waals surface area contributed by atoms with E-state index >= 15 is 0 Å². The molecule has 7 heteroatoms. The quantitative estimate of drug-likeness (QED) is 0.668. The fourth-order valence-electron chi connectivity index (χ4n) is 3.78. The van der Waals surface area contributed by atoms with Crippen LogP contribution in [0.2, 0.25) is 5.02 Å². The van der Waals surface area contributed by atoms with Gasteiger partial charge in [0.1, 0.15) is 23.2 Å². The number of nitrogens with one attached hydrogen (secondary N) is 1. The maximum atomic E-state index is 6.00. The second kappa shape index (κ2) is 8.23. The minimum Gasteiger partial charge on any atom is -0.368 e. The average molecular weight is 386 g/mol. The van der Waals surface area contributed by atoms with E-state index in [2.05, 4.69) is 32.4 Å². The first-order valence-electron chi connectivity index (χ1n) is 9.53. The van der Waals surface area contributed by atoms with Crippen molar-refractivity contribution in [1.82, 2.24) is 20.0 Å². The van der Waals surface area contributed by atoms with Gasteiger partial charge in [-0.1, -0.05) is 48.2 Å². The Morgan fingerprint density at radius 1 is 1.15 bits per heavy atom. The Hall–Kier alpha value is -2.18. The standard InChI is InChI=1S/C20H24ClN5O/c1-26(16-5-3-2-4-6-16)12-11-22-19-17-18(14-7-9-15(21)10-8-14)25-27-20(17)24-13-23-19/h7-10,13,16H,2-6,11-12H2,1H3,(H,22,23,24). The fraction of sp³-hybridized carbons (Fsp3) is 0.450. The molecule has 1 N–H and O–H groups in total. The van der Waals surface area contributed by atoms with Gasteiger partial charge in [0.2, 0.25) is 0 Å². The molecule has 0 saturated heterocycles. The summed E-state index contributed by atoms with van der Waals surface area (Å²) in [7, 11) is 2.21. The minimum absolute atomic E-state index is 0.484. The summed E-state index contributed by atoms with van der Waals surface area (Å²) < 4.78 is 5.41. The number of aromatic nitrogens is 3. The highest BCUT2D eigenvalue weighted by molar-refractivity contribution is 6.30. The van der Waals surface area contributed by atoms with Crippen molar-refractivity contribution in [3.63, 3.8) is 0 Å². The van der Waals surface area contributed by atoms with Gasteiger partial charge < -0.3 is 14.7 Å². The zero-order chi connectivity index (χ0) is 18.6. The van der Waals surface area contributed by atoms with Gasteiger partial charge in [-0.05, 0) is 32.0 Å². The molecular weight excluding hydrogens is 362 g/mol. The first kappa shape index (κ1) is 18.2. The summed E-state index contributed by atoms with van der Waals surface area (Å²) in [4.78, 5) is 11.1. The van der Waals surface area contributed by atoms with Gasteiger partial charge >= 0.3 is 0 Å². The molecule has 2 aromatic heterocycles. The second-order valence-corrected chi connectivity index (χ2v) is 7.58. The zero-order valence-corrected chi connectivity index (χ0v) is 16.2. The lowest BCUT2D eigenvalue weighted by Crippen LogP contribution is -2.36. The molecule has 0 bridgehead atoms. The van der Waals surface area contributed by atoms with Gasteiger partial charge in [0.05, 0.1) is 0 Å². The first-order chi connectivity index (χ1) is 13.2. The lowest BCUT2D eigenvalue weighted by Gasteiger charge is -2.31. The molecule has 1 saturated carbocycles. The fourth-order valence-corrected chi connectivity index (χ4v) is 3.91. The number of hydrogen-bond acceptors (Lipinski definition) is 6. The van der Waals surface area contributed by atoms with Crippen LogP contribution in [0.25, 0.3) is 22.4 Å². The summed E-state index contributed by atoms with van der Waals surface area (Å²) in [6.07, 6.45) is 8.19. The number of likely N-dealkylation sites (N-methyl/N-ethyl adjacent to an activating group) is 1. The normalized spacial score (nSPS) is 15.5. The van der Waals surface area contributed by atoms with Gasteiger partial charge in [0.25, 0.3) is 5.71 Å². The van der Waals surface area contributed by atoms with Crippen LogP contribution in [-0.2, 0) is 0 Å². The molecule has 0 unspecified atom stereocenters. The van der Waals surface area contributed by atoms with E-state index in [-0.39, 0.29) is 0 Å². The van der Waals surface area contributed by atoms with Gasteiger partial charge in [-0.3, -0.25) is 0 Å². The largest absolute Gasteiger partial charge is 0.368 e. The molecule has 6 nitrogen and oxygen atoms in total. The molecule has 0 atom stereocenters. The maximum absolute atomic E-state index is 6.00. The Labute approximate surface area is 163 Å². The summed E-state index contributed by atoms with van der Waals surface area (Å²) >= 11 is 6.00. The predicted molar refractivity (Wildman–Crippen MR) is 108 cm³/mol. The number of hydrogen-bond donors (Lipinski definition) is 1. The van der Waals surface area contributed by atoms with Gasteiger partial charge in [0, 0.05) is 29.7 Å². The Balaban J connectivity index is 1.50. The summed E-state index contributed by atoms with van der Waals surface area (Å²) in [5, 5.41) is 9.14. The lowest BCUT2D eigenvalue weighted by atomic mass is 9.94. The van der Waals surface area contributed by atoms with Crippen LogP contribution in [0.5, 0.6) is 0 Å². The van der Waals surface area contributed by atoms with Crippen molar-refractivity contribution in [3.05, 3.63) is 35.6 Å². The van der Waals surface area contributed by atoms with Crippen LogP contribution in [0.4, 0.5) is 5.82 Å². The molecule has 0 amide bonds. The third-order valence-corrected chi connectivity index (χ3v) is 5.60. The molecule has 1 aliphatic carbocycles. The van der Waals surface area contributed by atoms with E-state index in [1.807, 2.05) is 24.3 Å². The van der Waals surface area contributed by atoms with Crippen molar-refractivity contribution >= 4 is 28.5 Å². The molecule has 0 radical (unpaired) electrons. The average Bonchev–Trinajstić information content (AvgIpc) is 3.14. The van der Waals surface area contributed by atoms with Crippen LogP contribution >= 0.6 is 11.6 Å². The van der Waals surface area contributed by atoms with Gasteiger partial charge in [-0.25, -0.2) is 4.98 Å². The first-order valence-corrected chi connectivity index (χ1v) is 9.90. The van der Waals surface area contributed by atoms with E-state index in [1.54, 1.807) is 0 Å². The van der Waals surface area contributed by atoms with Crippen molar-refractivity contribution in [2.75, 3.05) is 25.5 Å². The number of anilines is 1. The van der Waals surface area contributed by atoms with Crippen LogP contribution in [0.3, 0.4) is 0 Å². The summed E-state index contributed by atoms with van der Waals surface area (Å²) in [6, 6.07) is 8.23. The Morgan fingerprint density at radius 2 is 1.93 bits per heavy atom. The zero-order valence-electron chi connectivity index (χ0n) is 15.5. The maximum Gasteiger partial charge on any atom is 0.263 e. The topological polar surface area (TPSA) is 67.1 Å². The predicted octanol–water partition coefficient (Wildman–Crippen LogP) is 4.61. The highest BCUT2D eigenvalue weighted by atomic mass is 35.5. The van der Waals surface area contributed by atoms with E-state index in [1.165, 1.54) is 38.4 Å². The van der Waals surface area contributed by atoms with Crippen LogP contribution in [0.15, 0.2) is 35.1 Å². The van der Waals surface area contributed by atoms with Crippen LogP contribution in [0.1, 0.15) is 32.1 Å². The summed E-state index contributed by atoms with van der Waals surface area (Å²) in [5.41, 5.74) is 2.14. The van der Waals surface area contributed by atoms with Crippen molar-refractivity contribution in [2.24, 2.45) is 0 Å². The molecule has 27 heavy (non-hydrogen) atoms. The Morgan fingerprint density at radius 3 is 2.70 bits per heavy atom. The molecule has 142 valence electrons. The van der Waals surface area contributed by atoms with E-state index in [9.17, 15) is 0 Å². The molecule has 3 aromatic rings. The number of halogens is 1. The number of benzene rings is 1. The van der Waals surface area contributed by atoms with Crippen LogP contribution in [-0.4, -0.2) is 46.2 Å². The van der Waals surface area contributed by atoms with Gasteiger partial charge in [-0.2, -0.15) is 4.98 Å². The van der Waals surface area contributed by atoms with E-state index in [0.29, 0.717) is 16.8 Å². The van der Waals surface area contributed by atoms with Crippen LogP contribution < -0.4 is 5.32 Å². The molecule has 2 heterocycles. The van der Waals surface area contributed by atoms with Crippen molar-refractivity contribution in [2.45, 2.75) is 38.1 Å².